The molecular formula is C28H32N2O5. The van der Waals surface area contributed by atoms with Gasteiger partial charge in [0.15, 0.2) is 0 Å². The van der Waals surface area contributed by atoms with Crippen molar-refractivity contribution in [3.05, 3.63) is 59.7 Å². The lowest BCUT2D eigenvalue weighted by Gasteiger charge is -2.42. The van der Waals surface area contributed by atoms with Crippen LogP contribution in [0.2, 0.25) is 0 Å². The zero-order chi connectivity index (χ0) is 24.7. The third-order valence-corrected chi connectivity index (χ3v) is 8.03. The maximum atomic E-state index is 13.6. The molecule has 2 aromatic rings. The van der Waals surface area contributed by atoms with Crippen LogP contribution in [-0.2, 0) is 14.3 Å². The Morgan fingerprint density at radius 3 is 2.17 bits per heavy atom. The minimum Gasteiger partial charge on any atom is -0.481 e. The van der Waals surface area contributed by atoms with Crippen molar-refractivity contribution in [3.63, 3.8) is 0 Å². The van der Waals surface area contributed by atoms with E-state index in [-0.39, 0.29) is 30.4 Å². The number of aliphatic carboxylic acids is 1. The van der Waals surface area contributed by atoms with Gasteiger partial charge in [-0.2, -0.15) is 0 Å². The fraction of sp³-hybridized carbons (Fsp3) is 0.464. The number of ether oxygens (including phenoxy) is 1. The molecule has 5 rings (SSSR count). The largest absolute Gasteiger partial charge is 0.481 e. The van der Waals surface area contributed by atoms with Gasteiger partial charge in [-0.1, -0.05) is 48.5 Å². The number of carbonyl (C=O) groups is 3. The van der Waals surface area contributed by atoms with E-state index in [1.165, 1.54) is 0 Å². The van der Waals surface area contributed by atoms with Gasteiger partial charge in [0.1, 0.15) is 12.1 Å². The summed E-state index contributed by atoms with van der Waals surface area (Å²) >= 11 is 0. The van der Waals surface area contributed by atoms with E-state index >= 15 is 0 Å². The third kappa shape index (κ3) is 4.28. The Hall–Kier alpha value is -3.35. The second-order valence-electron chi connectivity index (χ2n) is 10.3. The number of hydrogen-bond donors (Lipinski definition) is 2. The molecule has 2 aromatic carbocycles. The summed E-state index contributed by atoms with van der Waals surface area (Å²) in [7, 11) is 0. The molecule has 0 spiro atoms. The lowest BCUT2D eigenvalue weighted by Crippen LogP contribution is -2.62. The number of piperidine rings is 1. The highest BCUT2D eigenvalue weighted by molar-refractivity contribution is 5.91. The van der Waals surface area contributed by atoms with Crippen molar-refractivity contribution in [2.75, 3.05) is 13.2 Å². The quantitative estimate of drug-likeness (QED) is 0.644. The van der Waals surface area contributed by atoms with Crippen LogP contribution in [0.15, 0.2) is 48.5 Å². The van der Waals surface area contributed by atoms with Crippen molar-refractivity contribution in [2.24, 2.45) is 11.8 Å². The molecule has 184 valence electrons. The third-order valence-electron chi connectivity index (χ3n) is 8.03. The van der Waals surface area contributed by atoms with Gasteiger partial charge in [-0.3, -0.25) is 9.59 Å². The van der Waals surface area contributed by atoms with Crippen molar-refractivity contribution >= 4 is 18.0 Å². The van der Waals surface area contributed by atoms with E-state index in [2.05, 4.69) is 29.6 Å². The van der Waals surface area contributed by atoms with E-state index in [0.29, 0.717) is 19.4 Å². The number of nitrogens with one attached hydrogen (secondary N) is 1. The van der Waals surface area contributed by atoms with Gasteiger partial charge in [0.2, 0.25) is 5.91 Å². The van der Waals surface area contributed by atoms with Crippen LogP contribution in [0.5, 0.6) is 0 Å². The molecule has 2 fully saturated rings. The molecular weight excluding hydrogens is 444 g/mol. The summed E-state index contributed by atoms with van der Waals surface area (Å²) in [5.74, 6) is -1.39. The average Bonchev–Trinajstić information content (AvgIpc) is 3.66. The van der Waals surface area contributed by atoms with E-state index in [1.54, 1.807) is 11.8 Å². The summed E-state index contributed by atoms with van der Waals surface area (Å²) in [4.78, 5) is 39.8. The Morgan fingerprint density at radius 2 is 1.63 bits per heavy atom. The molecule has 0 aromatic heterocycles. The Kier molecular flexibility index (Phi) is 6.03. The number of carbonyl (C=O) groups excluding carboxylic acids is 2. The first-order valence-corrected chi connectivity index (χ1v) is 12.5. The summed E-state index contributed by atoms with van der Waals surface area (Å²) in [5.41, 5.74) is 3.53. The first-order valence-electron chi connectivity index (χ1n) is 12.5. The number of fused-ring (bicyclic) bond motifs is 3. The van der Waals surface area contributed by atoms with Crippen LogP contribution in [-0.4, -0.2) is 52.7 Å². The summed E-state index contributed by atoms with van der Waals surface area (Å²) in [6, 6.07) is 16.1. The molecule has 2 N–H and O–H groups in total. The minimum atomic E-state index is -1.06. The fourth-order valence-corrected chi connectivity index (χ4v) is 5.83. The Balaban J connectivity index is 1.27. The van der Waals surface area contributed by atoms with Gasteiger partial charge in [0.05, 0.1) is 5.92 Å². The Labute approximate surface area is 205 Å². The Bertz CT molecular complexity index is 1110. The van der Waals surface area contributed by atoms with Crippen molar-refractivity contribution in [2.45, 2.75) is 57.0 Å². The van der Waals surface area contributed by atoms with Crippen LogP contribution in [0.1, 0.15) is 56.6 Å². The number of amides is 2. The number of hydrogen-bond acceptors (Lipinski definition) is 4. The molecule has 0 radical (unpaired) electrons. The van der Waals surface area contributed by atoms with Crippen LogP contribution >= 0.6 is 0 Å². The number of carboxylic acids is 1. The van der Waals surface area contributed by atoms with E-state index < -0.39 is 23.5 Å². The summed E-state index contributed by atoms with van der Waals surface area (Å²) in [6.07, 6.45) is 1.99. The van der Waals surface area contributed by atoms with Gasteiger partial charge in [-0.05, 0) is 67.7 Å². The highest BCUT2D eigenvalue weighted by Gasteiger charge is 2.51. The number of alkyl carbamates (subject to hydrolysis) is 1. The molecule has 0 bridgehead atoms. The van der Waals surface area contributed by atoms with E-state index in [9.17, 15) is 19.5 Å². The lowest BCUT2D eigenvalue weighted by molar-refractivity contribution is -0.150. The van der Waals surface area contributed by atoms with Crippen molar-refractivity contribution in [1.29, 1.82) is 0 Å². The standard InChI is InChI=1S/C28H32N2O5/c1-17-15-18(25(31)32)13-14-30(17)26(33)28(2,19-11-12-19)29-27(34)35-16-24-22-9-5-3-7-20(22)21-8-4-6-10-23(21)24/h3-10,17-19,24H,11-16H2,1-2H3,(H,29,34)(H,31,32)/t17-,18-,28?/m1/s1. The monoisotopic (exact) mass is 476 g/mol. The van der Waals surface area contributed by atoms with Crippen molar-refractivity contribution in [1.82, 2.24) is 10.2 Å². The maximum Gasteiger partial charge on any atom is 0.408 e. The van der Waals surface area contributed by atoms with Gasteiger partial charge in [-0.25, -0.2) is 4.79 Å². The van der Waals surface area contributed by atoms with Crippen LogP contribution in [0.25, 0.3) is 11.1 Å². The van der Waals surface area contributed by atoms with Crippen LogP contribution < -0.4 is 5.32 Å². The first-order chi connectivity index (χ1) is 16.8. The van der Waals surface area contributed by atoms with Crippen molar-refractivity contribution in [3.8, 4) is 11.1 Å². The SMILES string of the molecule is C[C@@H]1C[C@H](C(=O)O)CCN1C(=O)C(C)(NC(=O)OCC1c2ccccc2-c2ccccc21)C1CC1. The number of nitrogens with zero attached hydrogens (tertiary/aromatic N) is 1. The summed E-state index contributed by atoms with van der Waals surface area (Å²) in [5, 5.41) is 12.3. The predicted octanol–water partition coefficient (Wildman–Crippen LogP) is 4.41. The molecule has 1 heterocycles. The minimum absolute atomic E-state index is 0.0499. The lowest BCUT2D eigenvalue weighted by atomic mass is 9.87. The topological polar surface area (TPSA) is 95.9 Å². The molecule has 1 aliphatic heterocycles. The second-order valence-corrected chi connectivity index (χ2v) is 10.3. The molecule has 3 aliphatic rings. The zero-order valence-electron chi connectivity index (χ0n) is 20.2. The molecule has 35 heavy (non-hydrogen) atoms. The predicted molar refractivity (Wildman–Crippen MR) is 131 cm³/mol. The van der Waals surface area contributed by atoms with Crippen molar-refractivity contribution < 1.29 is 24.2 Å². The average molecular weight is 477 g/mol. The second kappa shape index (κ2) is 9.02. The number of rotatable bonds is 6. The number of carboxylic acid groups (broad SMARTS) is 1. The summed E-state index contributed by atoms with van der Waals surface area (Å²) in [6.45, 7) is 4.24. The normalized spacial score (nSPS) is 23.1. The van der Waals surface area contributed by atoms with E-state index in [1.807, 2.05) is 31.2 Å². The molecule has 1 saturated heterocycles. The van der Waals surface area contributed by atoms with Crippen LogP contribution in [0.3, 0.4) is 0 Å². The smallest absolute Gasteiger partial charge is 0.408 e. The molecule has 1 unspecified atom stereocenters. The molecule has 2 amide bonds. The zero-order valence-corrected chi connectivity index (χ0v) is 20.2. The number of benzene rings is 2. The van der Waals surface area contributed by atoms with Gasteiger partial charge >= 0.3 is 12.1 Å². The highest BCUT2D eigenvalue weighted by Crippen LogP contribution is 2.45. The van der Waals surface area contributed by atoms with Gasteiger partial charge in [0, 0.05) is 18.5 Å². The fourth-order valence-electron chi connectivity index (χ4n) is 5.83. The van der Waals surface area contributed by atoms with Gasteiger partial charge < -0.3 is 20.1 Å². The maximum absolute atomic E-state index is 13.6. The molecule has 2 aliphatic carbocycles. The van der Waals surface area contributed by atoms with E-state index in [0.717, 1.165) is 35.1 Å². The molecule has 1 saturated carbocycles. The number of likely N-dealkylation sites (tertiary alicyclic amines) is 1. The van der Waals surface area contributed by atoms with E-state index in [4.69, 9.17) is 4.74 Å². The molecule has 7 heteroatoms. The van der Waals surface area contributed by atoms with Crippen LogP contribution in [0.4, 0.5) is 4.79 Å². The molecule has 7 nitrogen and oxygen atoms in total. The van der Waals surface area contributed by atoms with Crippen LogP contribution in [0, 0.1) is 11.8 Å². The summed E-state index contributed by atoms with van der Waals surface area (Å²) < 4.78 is 5.73. The molecule has 3 atom stereocenters. The first kappa shape index (κ1) is 23.4. The van der Waals surface area contributed by atoms with Gasteiger partial charge in [0.25, 0.3) is 0 Å². The highest BCUT2D eigenvalue weighted by atomic mass is 16.5. The van der Waals surface area contributed by atoms with Gasteiger partial charge in [-0.15, -0.1) is 0 Å². The Morgan fingerprint density at radius 1 is 1.03 bits per heavy atom.